The summed E-state index contributed by atoms with van der Waals surface area (Å²) in [6.07, 6.45) is 1.24. The Morgan fingerprint density at radius 2 is 2.25 bits per heavy atom. The highest BCUT2D eigenvalue weighted by atomic mass is 16.5. The summed E-state index contributed by atoms with van der Waals surface area (Å²) in [6, 6.07) is 8.57. The molecule has 3 heteroatoms. The van der Waals surface area contributed by atoms with Crippen LogP contribution >= 0.6 is 0 Å². The summed E-state index contributed by atoms with van der Waals surface area (Å²) in [4.78, 5) is 2.23. The summed E-state index contributed by atoms with van der Waals surface area (Å²) >= 11 is 0. The number of nitrogens with two attached hydrogens (primary N) is 1. The molecule has 1 aliphatic rings. The molecule has 16 heavy (non-hydrogen) atoms. The molecule has 0 aromatic heterocycles. The second-order valence-corrected chi connectivity index (χ2v) is 4.36. The largest absolute Gasteiger partial charge is 0.372 e. The number of hydrogen-bond acceptors (Lipinski definition) is 3. The first kappa shape index (κ1) is 11.6. The van der Waals surface area contributed by atoms with Gasteiger partial charge in [-0.1, -0.05) is 24.3 Å². The molecule has 0 bridgehead atoms. The number of rotatable bonds is 4. The zero-order valence-corrected chi connectivity index (χ0v) is 9.86. The van der Waals surface area contributed by atoms with Crippen LogP contribution in [0, 0.1) is 0 Å². The normalized spacial score (nSPS) is 19.8. The maximum Gasteiger partial charge on any atom is 0.0954 e. The Morgan fingerprint density at radius 1 is 1.44 bits per heavy atom. The van der Waals surface area contributed by atoms with E-state index in [1.54, 1.807) is 0 Å². The molecule has 1 unspecified atom stereocenters. The predicted molar refractivity (Wildman–Crippen MR) is 65.4 cm³/mol. The maximum atomic E-state index is 5.84. The van der Waals surface area contributed by atoms with Gasteiger partial charge in [0.1, 0.15) is 0 Å². The Bertz CT molecular complexity index is 340. The van der Waals surface area contributed by atoms with Crippen molar-refractivity contribution in [2.24, 2.45) is 5.73 Å². The second kappa shape index (κ2) is 5.43. The Morgan fingerprint density at radius 3 is 3.06 bits per heavy atom. The van der Waals surface area contributed by atoms with Gasteiger partial charge in [0.15, 0.2) is 0 Å². The topological polar surface area (TPSA) is 38.5 Å². The second-order valence-electron chi connectivity index (χ2n) is 4.36. The molecule has 0 spiro atoms. The predicted octanol–water partition coefficient (Wildman–Crippen LogP) is 1.19. The van der Waals surface area contributed by atoms with Gasteiger partial charge in [-0.15, -0.1) is 0 Å². The lowest BCUT2D eigenvalue weighted by Crippen LogP contribution is -2.32. The summed E-state index contributed by atoms with van der Waals surface area (Å²) in [5, 5.41) is 0. The van der Waals surface area contributed by atoms with Crippen molar-refractivity contribution in [1.82, 2.24) is 4.90 Å². The third-order valence-corrected chi connectivity index (χ3v) is 3.08. The first-order chi connectivity index (χ1) is 7.81. The zero-order valence-electron chi connectivity index (χ0n) is 9.86. The molecule has 3 nitrogen and oxygen atoms in total. The molecular weight excluding hydrogens is 200 g/mol. The van der Waals surface area contributed by atoms with E-state index >= 15 is 0 Å². The summed E-state index contributed by atoms with van der Waals surface area (Å²) < 4.78 is 5.84. The van der Waals surface area contributed by atoms with Gasteiger partial charge in [0.2, 0.25) is 0 Å². The molecule has 1 heterocycles. The van der Waals surface area contributed by atoms with Crippen LogP contribution in [0.3, 0.4) is 0 Å². The smallest absolute Gasteiger partial charge is 0.0954 e. The molecule has 2 rings (SSSR count). The number of ether oxygens (including phenoxy) is 1. The molecular formula is C13H20N2O. The fourth-order valence-electron chi connectivity index (χ4n) is 2.22. The van der Waals surface area contributed by atoms with Gasteiger partial charge < -0.3 is 15.4 Å². The van der Waals surface area contributed by atoms with E-state index < -0.39 is 0 Å². The van der Waals surface area contributed by atoms with Gasteiger partial charge in [0.05, 0.1) is 12.7 Å². The molecule has 0 amide bonds. The van der Waals surface area contributed by atoms with Gasteiger partial charge in [-0.2, -0.15) is 0 Å². The Hall–Kier alpha value is -0.900. The monoisotopic (exact) mass is 220 g/mol. The van der Waals surface area contributed by atoms with E-state index in [2.05, 4.69) is 36.2 Å². The van der Waals surface area contributed by atoms with E-state index in [1.807, 2.05) is 0 Å². The number of likely N-dealkylation sites (N-methyl/N-ethyl adjacent to an activating group) is 1. The fourth-order valence-corrected chi connectivity index (χ4v) is 2.22. The van der Waals surface area contributed by atoms with E-state index in [0.29, 0.717) is 6.54 Å². The molecule has 1 aromatic carbocycles. The zero-order chi connectivity index (χ0) is 11.4. The highest BCUT2D eigenvalue weighted by Gasteiger charge is 2.21. The number of benzene rings is 1. The van der Waals surface area contributed by atoms with E-state index in [-0.39, 0.29) is 6.10 Å². The molecule has 88 valence electrons. The van der Waals surface area contributed by atoms with Crippen LogP contribution < -0.4 is 5.73 Å². The number of nitrogens with zero attached hydrogens (tertiary/aromatic N) is 1. The van der Waals surface area contributed by atoms with Crippen molar-refractivity contribution in [2.45, 2.75) is 12.5 Å². The highest BCUT2D eigenvalue weighted by molar-refractivity contribution is 5.31. The Kier molecular flexibility index (Phi) is 3.93. The fraction of sp³-hybridized carbons (Fsp3) is 0.538. The van der Waals surface area contributed by atoms with Crippen LogP contribution in [0.5, 0.6) is 0 Å². The lowest BCUT2D eigenvalue weighted by molar-refractivity contribution is 0.0216. The van der Waals surface area contributed by atoms with Crippen LogP contribution in [0.4, 0.5) is 0 Å². The van der Waals surface area contributed by atoms with Gasteiger partial charge in [-0.25, -0.2) is 0 Å². The molecule has 0 fully saturated rings. The minimum atomic E-state index is 0.210. The van der Waals surface area contributed by atoms with Crippen LogP contribution in [0.25, 0.3) is 0 Å². The summed E-state index contributed by atoms with van der Waals surface area (Å²) in [7, 11) is 2.09. The SMILES string of the molecule is CN(CCN)CC1OCCc2ccccc21. The molecule has 0 radical (unpaired) electrons. The lowest BCUT2D eigenvalue weighted by atomic mass is 9.97. The minimum Gasteiger partial charge on any atom is -0.372 e. The van der Waals surface area contributed by atoms with Gasteiger partial charge in [0.25, 0.3) is 0 Å². The number of hydrogen-bond donors (Lipinski definition) is 1. The first-order valence-electron chi connectivity index (χ1n) is 5.89. The molecule has 0 saturated carbocycles. The molecule has 0 saturated heterocycles. The van der Waals surface area contributed by atoms with Crippen LogP contribution in [-0.2, 0) is 11.2 Å². The van der Waals surface area contributed by atoms with E-state index in [9.17, 15) is 0 Å². The van der Waals surface area contributed by atoms with Crippen molar-refractivity contribution in [3.05, 3.63) is 35.4 Å². The molecule has 1 atom stereocenters. The van der Waals surface area contributed by atoms with Gasteiger partial charge in [-0.3, -0.25) is 0 Å². The molecule has 2 N–H and O–H groups in total. The molecule has 0 aliphatic carbocycles. The van der Waals surface area contributed by atoms with Crippen LogP contribution in [0.2, 0.25) is 0 Å². The van der Waals surface area contributed by atoms with E-state index in [1.165, 1.54) is 11.1 Å². The van der Waals surface area contributed by atoms with Gasteiger partial charge >= 0.3 is 0 Å². The molecule has 1 aromatic rings. The van der Waals surface area contributed by atoms with Crippen molar-refractivity contribution >= 4 is 0 Å². The van der Waals surface area contributed by atoms with Crippen molar-refractivity contribution in [3.8, 4) is 0 Å². The van der Waals surface area contributed by atoms with Crippen molar-refractivity contribution < 1.29 is 4.74 Å². The van der Waals surface area contributed by atoms with Crippen LogP contribution in [0.1, 0.15) is 17.2 Å². The third kappa shape index (κ3) is 2.61. The van der Waals surface area contributed by atoms with Crippen molar-refractivity contribution in [3.63, 3.8) is 0 Å². The summed E-state index contributed by atoms with van der Waals surface area (Å²) in [5.41, 5.74) is 8.32. The van der Waals surface area contributed by atoms with E-state index in [0.717, 1.165) is 26.1 Å². The van der Waals surface area contributed by atoms with Crippen molar-refractivity contribution in [2.75, 3.05) is 33.3 Å². The highest BCUT2D eigenvalue weighted by Crippen LogP contribution is 2.27. The standard InChI is InChI=1S/C13H20N2O/c1-15(8-7-14)10-13-12-5-3-2-4-11(12)6-9-16-13/h2-5,13H,6-10,14H2,1H3. The molecule has 1 aliphatic heterocycles. The lowest BCUT2D eigenvalue weighted by Gasteiger charge is -2.29. The average Bonchev–Trinajstić information content (AvgIpc) is 2.30. The quantitative estimate of drug-likeness (QED) is 0.828. The van der Waals surface area contributed by atoms with Crippen LogP contribution in [-0.4, -0.2) is 38.2 Å². The summed E-state index contributed by atoms with van der Waals surface area (Å²) in [6.45, 7) is 3.37. The Balaban J connectivity index is 2.07. The maximum absolute atomic E-state index is 5.84. The van der Waals surface area contributed by atoms with Gasteiger partial charge in [-0.05, 0) is 24.6 Å². The third-order valence-electron chi connectivity index (χ3n) is 3.08. The van der Waals surface area contributed by atoms with Gasteiger partial charge in [0, 0.05) is 19.6 Å². The summed E-state index contributed by atoms with van der Waals surface area (Å²) in [5.74, 6) is 0. The average molecular weight is 220 g/mol. The van der Waals surface area contributed by atoms with E-state index in [4.69, 9.17) is 10.5 Å². The van der Waals surface area contributed by atoms with Crippen LogP contribution in [0.15, 0.2) is 24.3 Å². The Labute approximate surface area is 97.2 Å². The first-order valence-corrected chi connectivity index (χ1v) is 5.89. The van der Waals surface area contributed by atoms with Crippen molar-refractivity contribution in [1.29, 1.82) is 0 Å². The number of fused-ring (bicyclic) bond motifs is 1. The minimum absolute atomic E-state index is 0.210.